The maximum absolute atomic E-state index is 12.5. The van der Waals surface area contributed by atoms with Crippen LogP contribution >= 0.6 is 0 Å². The van der Waals surface area contributed by atoms with E-state index < -0.39 is 0 Å². The van der Waals surface area contributed by atoms with Gasteiger partial charge in [-0.3, -0.25) is 4.79 Å². The Morgan fingerprint density at radius 2 is 1.85 bits per heavy atom. The van der Waals surface area contributed by atoms with Crippen LogP contribution in [-0.4, -0.2) is 24.6 Å². The minimum absolute atomic E-state index is 0.219. The molecule has 0 bridgehead atoms. The predicted molar refractivity (Wildman–Crippen MR) is 106 cm³/mol. The van der Waals surface area contributed by atoms with Crippen LogP contribution in [0.1, 0.15) is 17.3 Å². The van der Waals surface area contributed by atoms with Gasteiger partial charge >= 0.3 is 0 Å². The molecule has 2 aromatic carbocycles. The molecule has 138 valence electrons. The molecule has 0 fully saturated rings. The van der Waals surface area contributed by atoms with E-state index in [0.29, 0.717) is 23.7 Å². The fourth-order valence-electron chi connectivity index (χ4n) is 2.51. The van der Waals surface area contributed by atoms with E-state index in [1.165, 1.54) is 0 Å². The van der Waals surface area contributed by atoms with Crippen LogP contribution in [0.2, 0.25) is 0 Å². The fraction of sp³-hybridized carbons (Fsp3) is 0.143. The Hall–Kier alpha value is -3.54. The molecular weight excluding hydrogens is 342 g/mol. The quantitative estimate of drug-likeness (QED) is 0.647. The zero-order chi connectivity index (χ0) is 19.1. The second kappa shape index (κ2) is 8.71. The largest absolute Gasteiger partial charge is 0.497 e. The summed E-state index contributed by atoms with van der Waals surface area (Å²) in [6.45, 7) is 2.50. The topological polar surface area (TPSA) is 72.5 Å². The molecule has 0 aliphatic heterocycles. The van der Waals surface area contributed by atoms with Gasteiger partial charge in [-0.15, -0.1) is 0 Å². The van der Waals surface area contributed by atoms with Crippen molar-refractivity contribution in [3.05, 3.63) is 72.4 Å². The number of carbonyl (C=O) groups excluding carboxylic acids is 1. The highest BCUT2D eigenvalue weighted by molar-refractivity contribution is 6.04. The summed E-state index contributed by atoms with van der Waals surface area (Å²) in [6, 6.07) is 18.1. The molecular formula is C21H21N3O3. The zero-order valence-electron chi connectivity index (χ0n) is 15.2. The maximum Gasteiger partial charge on any atom is 0.255 e. The lowest BCUT2D eigenvalue weighted by molar-refractivity contribution is 0.102. The van der Waals surface area contributed by atoms with Gasteiger partial charge in [0.2, 0.25) is 0 Å². The van der Waals surface area contributed by atoms with Crippen LogP contribution in [0, 0.1) is 0 Å². The first-order chi connectivity index (χ1) is 13.2. The SMILES string of the molecule is CCOc1ccccc1Nc1cc(C(=O)Nc2ccc(OC)cc2)ccn1. The van der Waals surface area contributed by atoms with Crippen molar-refractivity contribution in [2.24, 2.45) is 0 Å². The van der Waals surface area contributed by atoms with Crippen LogP contribution in [0.25, 0.3) is 0 Å². The van der Waals surface area contributed by atoms with E-state index >= 15 is 0 Å². The van der Waals surface area contributed by atoms with Gasteiger partial charge in [0.15, 0.2) is 0 Å². The van der Waals surface area contributed by atoms with Crippen molar-refractivity contribution in [2.45, 2.75) is 6.92 Å². The molecule has 0 saturated heterocycles. The van der Waals surface area contributed by atoms with Gasteiger partial charge in [-0.1, -0.05) is 12.1 Å². The summed E-state index contributed by atoms with van der Waals surface area (Å²) < 4.78 is 10.7. The van der Waals surface area contributed by atoms with Crippen molar-refractivity contribution in [2.75, 3.05) is 24.4 Å². The van der Waals surface area contributed by atoms with Crippen LogP contribution in [-0.2, 0) is 0 Å². The minimum Gasteiger partial charge on any atom is -0.497 e. The first-order valence-electron chi connectivity index (χ1n) is 8.60. The molecule has 3 rings (SSSR count). The van der Waals surface area contributed by atoms with Crippen molar-refractivity contribution in [3.8, 4) is 11.5 Å². The molecule has 0 saturated carbocycles. The molecule has 0 spiro atoms. The van der Waals surface area contributed by atoms with Gasteiger partial charge in [0, 0.05) is 17.4 Å². The first kappa shape index (κ1) is 18.3. The number of hydrogen-bond acceptors (Lipinski definition) is 5. The molecule has 27 heavy (non-hydrogen) atoms. The molecule has 0 aliphatic rings. The number of hydrogen-bond donors (Lipinski definition) is 2. The number of rotatable bonds is 7. The van der Waals surface area contributed by atoms with Crippen molar-refractivity contribution >= 4 is 23.1 Å². The number of aromatic nitrogens is 1. The van der Waals surface area contributed by atoms with Gasteiger partial charge in [-0.2, -0.15) is 0 Å². The Kier molecular flexibility index (Phi) is 5.89. The average molecular weight is 363 g/mol. The third kappa shape index (κ3) is 4.76. The molecule has 1 amide bonds. The number of methoxy groups -OCH3 is 1. The Labute approximate surface area is 158 Å². The number of nitrogens with zero attached hydrogens (tertiary/aromatic N) is 1. The molecule has 0 aliphatic carbocycles. The Morgan fingerprint density at radius 1 is 1.07 bits per heavy atom. The summed E-state index contributed by atoms with van der Waals surface area (Å²) in [7, 11) is 1.60. The Bertz CT molecular complexity index is 911. The van der Waals surface area contributed by atoms with Gasteiger partial charge in [0.05, 0.1) is 19.4 Å². The smallest absolute Gasteiger partial charge is 0.255 e. The molecule has 1 heterocycles. The van der Waals surface area contributed by atoms with E-state index in [2.05, 4.69) is 15.6 Å². The van der Waals surface area contributed by atoms with Crippen molar-refractivity contribution in [1.29, 1.82) is 0 Å². The highest BCUT2D eigenvalue weighted by Gasteiger charge is 2.09. The van der Waals surface area contributed by atoms with E-state index in [9.17, 15) is 4.79 Å². The van der Waals surface area contributed by atoms with E-state index in [1.807, 2.05) is 31.2 Å². The van der Waals surface area contributed by atoms with Crippen LogP contribution < -0.4 is 20.1 Å². The second-order valence-electron chi connectivity index (χ2n) is 5.67. The number of nitrogens with one attached hydrogen (secondary N) is 2. The lowest BCUT2D eigenvalue weighted by Gasteiger charge is -2.12. The van der Waals surface area contributed by atoms with Gasteiger partial charge in [0.25, 0.3) is 5.91 Å². The summed E-state index contributed by atoms with van der Waals surface area (Å²) in [6.07, 6.45) is 1.59. The lowest BCUT2D eigenvalue weighted by atomic mass is 10.2. The van der Waals surface area contributed by atoms with Gasteiger partial charge in [0.1, 0.15) is 17.3 Å². The van der Waals surface area contributed by atoms with Crippen LogP contribution in [0.15, 0.2) is 66.9 Å². The second-order valence-corrected chi connectivity index (χ2v) is 5.67. The number of benzene rings is 2. The van der Waals surface area contributed by atoms with E-state index in [4.69, 9.17) is 9.47 Å². The molecule has 0 atom stereocenters. The molecule has 1 aromatic heterocycles. The summed E-state index contributed by atoms with van der Waals surface area (Å²) in [5.74, 6) is 1.81. The van der Waals surface area contributed by atoms with Crippen molar-refractivity contribution in [1.82, 2.24) is 4.98 Å². The molecule has 2 N–H and O–H groups in total. The minimum atomic E-state index is -0.219. The predicted octanol–water partition coefficient (Wildman–Crippen LogP) is 4.48. The van der Waals surface area contributed by atoms with Gasteiger partial charge < -0.3 is 20.1 Å². The molecule has 6 heteroatoms. The molecule has 0 unspecified atom stereocenters. The van der Waals surface area contributed by atoms with Crippen molar-refractivity contribution in [3.63, 3.8) is 0 Å². The monoisotopic (exact) mass is 363 g/mol. The number of carbonyl (C=O) groups is 1. The fourth-order valence-corrected chi connectivity index (χ4v) is 2.51. The van der Waals surface area contributed by atoms with Gasteiger partial charge in [-0.05, 0) is 55.5 Å². The first-order valence-corrected chi connectivity index (χ1v) is 8.60. The number of anilines is 3. The van der Waals surface area contributed by atoms with Gasteiger partial charge in [-0.25, -0.2) is 4.98 Å². The van der Waals surface area contributed by atoms with E-state index in [-0.39, 0.29) is 5.91 Å². The van der Waals surface area contributed by atoms with Crippen LogP contribution in [0.3, 0.4) is 0 Å². The summed E-state index contributed by atoms with van der Waals surface area (Å²) in [5, 5.41) is 6.06. The number of amides is 1. The Balaban J connectivity index is 1.74. The van der Waals surface area contributed by atoms with Crippen LogP contribution in [0.5, 0.6) is 11.5 Å². The number of pyridine rings is 1. The number of para-hydroxylation sites is 2. The molecule has 0 radical (unpaired) electrons. The highest BCUT2D eigenvalue weighted by Crippen LogP contribution is 2.27. The zero-order valence-corrected chi connectivity index (χ0v) is 15.2. The summed E-state index contributed by atoms with van der Waals surface area (Å²) in [5.41, 5.74) is 1.98. The third-order valence-electron chi connectivity index (χ3n) is 3.82. The highest BCUT2D eigenvalue weighted by atomic mass is 16.5. The standard InChI is InChI=1S/C21H21N3O3/c1-3-27-19-7-5-4-6-18(19)24-20-14-15(12-13-22-20)21(25)23-16-8-10-17(26-2)11-9-16/h4-14H,3H2,1-2H3,(H,22,24)(H,23,25). The number of ether oxygens (including phenoxy) is 2. The Morgan fingerprint density at radius 3 is 2.59 bits per heavy atom. The van der Waals surface area contributed by atoms with E-state index in [1.54, 1.807) is 49.7 Å². The van der Waals surface area contributed by atoms with Crippen molar-refractivity contribution < 1.29 is 14.3 Å². The third-order valence-corrected chi connectivity index (χ3v) is 3.82. The maximum atomic E-state index is 12.5. The summed E-state index contributed by atoms with van der Waals surface area (Å²) in [4.78, 5) is 16.8. The van der Waals surface area contributed by atoms with Crippen LogP contribution in [0.4, 0.5) is 17.2 Å². The normalized spacial score (nSPS) is 10.1. The summed E-state index contributed by atoms with van der Waals surface area (Å²) >= 11 is 0. The molecule has 6 nitrogen and oxygen atoms in total. The average Bonchev–Trinajstić information content (AvgIpc) is 2.70. The van der Waals surface area contributed by atoms with E-state index in [0.717, 1.165) is 17.2 Å². The molecule has 3 aromatic rings. The lowest BCUT2D eigenvalue weighted by Crippen LogP contribution is -2.12.